The fraction of sp³-hybridized carbons (Fsp3) is 0.400. The summed E-state index contributed by atoms with van der Waals surface area (Å²) in [5.74, 6) is -0.00679. The Kier molecular flexibility index (Phi) is 4.50. The first-order chi connectivity index (χ1) is 11.9. The number of aromatic amines is 2. The third-order valence-electron chi connectivity index (χ3n) is 4.14. The molecule has 0 bridgehead atoms. The van der Waals surface area contributed by atoms with Gasteiger partial charge in [0, 0.05) is 32.4 Å². The summed E-state index contributed by atoms with van der Waals surface area (Å²) in [5.41, 5.74) is -1.48. The molecule has 1 amide bonds. The number of H-pyrrole nitrogens is 2. The number of nitrogens with zero attached hydrogens (tertiary/aromatic N) is 3. The van der Waals surface area contributed by atoms with Crippen molar-refractivity contribution >= 4 is 17.4 Å². The van der Waals surface area contributed by atoms with Gasteiger partial charge < -0.3 is 15.2 Å². The second kappa shape index (κ2) is 6.75. The Morgan fingerprint density at radius 3 is 2.84 bits per heavy atom. The summed E-state index contributed by atoms with van der Waals surface area (Å²) in [4.78, 5) is 52.9. The lowest BCUT2D eigenvalue weighted by molar-refractivity contribution is -0.120. The molecule has 3 rings (SSSR count). The molecule has 25 heavy (non-hydrogen) atoms. The van der Waals surface area contributed by atoms with Crippen LogP contribution in [0.4, 0.5) is 11.5 Å². The molecule has 3 heterocycles. The maximum absolute atomic E-state index is 12.4. The summed E-state index contributed by atoms with van der Waals surface area (Å²) < 4.78 is 1.25. The molecule has 1 aliphatic heterocycles. The highest BCUT2D eigenvalue weighted by Crippen LogP contribution is 2.21. The summed E-state index contributed by atoms with van der Waals surface area (Å²) in [6, 6.07) is 3.07. The third kappa shape index (κ3) is 3.67. The normalized spacial score (nSPS) is 17.3. The zero-order chi connectivity index (χ0) is 18.0. The monoisotopic (exact) mass is 346 g/mol. The van der Waals surface area contributed by atoms with Crippen molar-refractivity contribution in [3.05, 3.63) is 49.5 Å². The van der Waals surface area contributed by atoms with Gasteiger partial charge in [0.05, 0.1) is 5.92 Å². The molecule has 1 atom stereocenters. The van der Waals surface area contributed by atoms with Crippen LogP contribution in [0.1, 0.15) is 12.8 Å². The number of hydrogen-bond acceptors (Lipinski definition) is 6. The van der Waals surface area contributed by atoms with Gasteiger partial charge in [0.1, 0.15) is 11.5 Å². The fourth-order valence-corrected chi connectivity index (χ4v) is 2.80. The molecule has 2 aromatic heterocycles. The van der Waals surface area contributed by atoms with Crippen LogP contribution in [0.5, 0.6) is 0 Å². The second-order valence-corrected chi connectivity index (χ2v) is 5.91. The quantitative estimate of drug-likeness (QED) is 0.654. The second-order valence-electron chi connectivity index (χ2n) is 5.91. The lowest BCUT2D eigenvalue weighted by Gasteiger charge is -2.32. The lowest BCUT2D eigenvalue weighted by atomic mass is 9.97. The summed E-state index contributed by atoms with van der Waals surface area (Å²) in [6.07, 6.45) is 2.63. The van der Waals surface area contributed by atoms with Crippen LogP contribution in [0.3, 0.4) is 0 Å². The fourth-order valence-electron chi connectivity index (χ4n) is 2.80. The summed E-state index contributed by atoms with van der Waals surface area (Å²) in [5, 5.41) is 6.75. The first-order valence-electron chi connectivity index (χ1n) is 7.86. The lowest BCUT2D eigenvalue weighted by Crippen LogP contribution is -2.42. The number of aromatic nitrogens is 4. The summed E-state index contributed by atoms with van der Waals surface area (Å²) in [7, 11) is 1.57. The minimum atomic E-state index is -0.649. The number of anilines is 2. The highest BCUT2D eigenvalue weighted by Gasteiger charge is 2.27. The van der Waals surface area contributed by atoms with Gasteiger partial charge in [-0.1, -0.05) is 0 Å². The van der Waals surface area contributed by atoms with Gasteiger partial charge in [-0.3, -0.25) is 19.4 Å². The number of aryl methyl sites for hydroxylation is 1. The zero-order valence-electron chi connectivity index (χ0n) is 13.6. The van der Waals surface area contributed by atoms with Crippen molar-refractivity contribution in [1.29, 1.82) is 0 Å². The molecule has 10 heteroatoms. The van der Waals surface area contributed by atoms with Gasteiger partial charge in [0.2, 0.25) is 5.91 Å². The largest absolute Gasteiger partial charge is 0.354 e. The predicted octanol–water partition coefficient (Wildman–Crippen LogP) is -0.988. The van der Waals surface area contributed by atoms with E-state index in [0.29, 0.717) is 18.8 Å². The van der Waals surface area contributed by atoms with E-state index in [0.717, 1.165) is 13.0 Å². The van der Waals surface area contributed by atoms with E-state index in [1.165, 1.54) is 16.9 Å². The van der Waals surface area contributed by atoms with Crippen LogP contribution in [-0.4, -0.2) is 38.7 Å². The van der Waals surface area contributed by atoms with E-state index in [2.05, 4.69) is 20.4 Å². The first-order valence-corrected chi connectivity index (χ1v) is 7.86. The van der Waals surface area contributed by atoms with Crippen LogP contribution in [0.25, 0.3) is 0 Å². The average molecular weight is 346 g/mol. The molecule has 0 unspecified atom stereocenters. The van der Waals surface area contributed by atoms with Gasteiger partial charge in [-0.2, -0.15) is 5.10 Å². The van der Waals surface area contributed by atoms with Crippen LogP contribution >= 0.6 is 0 Å². The number of amides is 1. The number of carbonyl (C=O) groups excluding carboxylic acids is 1. The van der Waals surface area contributed by atoms with E-state index in [1.807, 2.05) is 4.90 Å². The molecule has 1 fully saturated rings. The molecule has 0 spiro atoms. The number of carbonyl (C=O) groups is 1. The van der Waals surface area contributed by atoms with Crippen molar-refractivity contribution in [3.8, 4) is 0 Å². The molecule has 3 N–H and O–H groups in total. The van der Waals surface area contributed by atoms with Gasteiger partial charge in [-0.25, -0.2) is 9.48 Å². The van der Waals surface area contributed by atoms with Gasteiger partial charge >= 0.3 is 5.69 Å². The van der Waals surface area contributed by atoms with Crippen molar-refractivity contribution in [2.24, 2.45) is 13.0 Å². The van der Waals surface area contributed by atoms with E-state index in [9.17, 15) is 19.2 Å². The maximum atomic E-state index is 12.4. The summed E-state index contributed by atoms with van der Waals surface area (Å²) >= 11 is 0. The van der Waals surface area contributed by atoms with Crippen molar-refractivity contribution in [2.75, 3.05) is 23.3 Å². The molecule has 0 aliphatic carbocycles. The Hall–Kier alpha value is -3.17. The Morgan fingerprint density at radius 2 is 2.12 bits per heavy atom. The Bertz CT molecular complexity index is 959. The Labute approximate surface area is 141 Å². The topological polar surface area (TPSA) is 133 Å². The molecule has 10 nitrogen and oxygen atoms in total. The van der Waals surface area contributed by atoms with Crippen molar-refractivity contribution in [2.45, 2.75) is 12.8 Å². The van der Waals surface area contributed by atoms with Gasteiger partial charge in [0.25, 0.3) is 11.1 Å². The van der Waals surface area contributed by atoms with E-state index in [-0.39, 0.29) is 23.1 Å². The maximum Gasteiger partial charge on any atom is 0.325 e. The minimum Gasteiger partial charge on any atom is -0.354 e. The SMILES string of the molecule is Cn1nc(N2CCC[C@@H](C(=O)Nc3c[nH]c(=O)[nH]c3=O)C2)ccc1=O. The highest BCUT2D eigenvalue weighted by atomic mass is 16.2. The van der Waals surface area contributed by atoms with Crippen molar-refractivity contribution in [1.82, 2.24) is 19.7 Å². The van der Waals surface area contributed by atoms with Gasteiger partial charge in [0.15, 0.2) is 0 Å². The molecule has 1 aliphatic rings. The average Bonchev–Trinajstić information content (AvgIpc) is 2.60. The van der Waals surface area contributed by atoms with E-state index >= 15 is 0 Å². The van der Waals surface area contributed by atoms with E-state index in [4.69, 9.17) is 0 Å². The molecular formula is C15H18N6O4. The van der Waals surface area contributed by atoms with Crippen LogP contribution in [0.15, 0.2) is 32.7 Å². The minimum absolute atomic E-state index is 0.00181. The van der Waals surface area contributed by atoms with Crippen molar-refractivity contribution in [3.63, 3.8) is 0 Å². The molecule has 0 saturated carbocycles. The van der Waals surface area contributed by atoms with E-state index < -0.39 is 11.2 Å². The molecule has 0 aromatic carbocycles. The van der Waals surface area contributed by atoms with Crippen LogP contribution in [-0.2, 0) is 11.8 Å². The molecule has 1 saturated heterocycles. The predicted molar refractivity (Wildman–Crippen MR) is 90.7 cm³/mol. The molecule has 0 radical (unpaired) electrons. The van der Waals surface area contributed by atoms with Crippen LogP contribution in [0, 0.1) is 5.92 Å². The van der Waals surface area contributed by atoms with Crippen molar-refractivity contribution < 1.29 is 4.79 Å². The number of nitrogens with one attached hydrogen (secondary N) is 3. The summed E-state index contributed by atoms with van der Waals surface area (Å²) in [6.45, 7) is 1.16. The number of piperidine rings is 1. The molecule has 2 aromatic rings. The number of rotatable bonds is 3. The molecular weight excluding hydrogens is 328 g/mol. The van der Waals surface area contributed by atoms with Gasteiger partial charge in [-0.15, -0.1) is 0 Å². The Balaban J connectivity index is 1.73. The van der Waals surface area contributed by atoms with Crippen LogP contribution in [0.2, 0.25) is 0 Å². The Morgan fingerprint density at radius 1 is 1.32 bits per heavy atom. The molecule has 132 valence electrons. The number of hydrogen-bond donors (Lipinski definition) is 3. The third-order valence-corrected chi connectivity index (χ3v) is 4.14. The van der Waals surface area contributed by atoms with E-state index in [1.54, 1.807) is 13.1 Å². The standard InChI is InChI=1S/C15H18N6O4/c1-20-12(22)5-4-11(19-20)21-6-2-3-9(8-21)13(23)17-10-7-16-15(25)18-14(10)24/h4-5,7,9H,2-3,6,8H2,1H3,(H,17,23)(H2,16,18,24,25)/t9-/m1/s1. The van der Waals surface area contributed by atoms with Crippen LogP contribution < -0.4 is 27.0 Å². The first kappa shape index (κ1) is 16.7. The van der Waals surface area contributed by atoms with Gasteiger partial charge in [-0.05, 0) is 18.9 Å². The smallest absolute Gasteiger partial charge is 0.325 e. The zero-order valence-corrected chi connectivity index (χ0v) is 13.6. The highest BCUT2D eigenvalue weighted by molar-refractivity contribution is 5.92.